The van der Waals surface area contributed by atoms with Gasteiger partial charge in [0.05, 0.1) is 0 Å². The van der Waals surface area contributed by atoms with Crippen LogP contribution in [0.15, 0.2) is 0 Å². The van der Waals surface area contributed by atoms with Crippen molar-refractivity contribution in [2.24, 2.45) is 0 Å². The maximum atomic E-state index is 6.28. The summed E-state index contributed by atoms with van der Waals surface area (Å²) in [6, 6.07) is 0. The van der Waals surface area contributed by atoms with Crippen molar-refractivity contribution in [3.05, 3.63) is 0 Å². The third-order valence-electron chi connectivity index (χ3n) is 12.7. The summed E-state index contributed by atoms with van der Waals surface area (Å²) in [5.74, 6) is 0. The first-order valence-electron chi connectivity index (χ1n) is 27.6. The third-order valence-corrected chi connectivity index (χ3v) is 14.0. The van der Waals surface area contributed by atoms with Crippen LogP contribution in [0.3, 0.4) is 0 Å². The van der Waals surface area contributed by atoms with Gasteiger partial charge < -0.3 is 13.3 Å². The lowest BCUT2D eigenvalue weighted by Gasteiger charge is -2.15. The number of unbranched alkanes of at least 4 members (excludes halogenated alkanes) is 45. The smallest absolute Gasteiger partial charge is 0.371 e. The summed E-state index contributed by atoms with van der Waals surface area (Å²) in [5.41, 5.74) is 0. The zero-order chi connectivity index (χ0) is 41.8. The topological polar surface area (TPSA) is 27.7 Å². The van der Waals surface area contributed by atoms with Gasteiger partial charge in [-0.2, -0.15) is 0 Å². The maximum absolute atomic E-state index is 6.28. The van der Waals surface area contributed by atoms with Crippen molar-refractivity contribution in [2.75, 3.05) is 19.8 Å². The van der Waals surface area contributed by atoms with Crippen molar-refractivity contribution in [1.82, 2.24) is 0 Å². The predicted octanol–water partition coefficient (Wildman–Crippen LogP) is 19.8. The minimum atomic E-state index is -1.60. The molecule has 0 aliphatic heterocycles. The van der Waals surface area contributed by atoms with E-state index in [1.807, 2.05) is 0 Å². The summed E-state index contributed by atoms with van der Waals surface area (Å²) < 4.78 is 18.8. The number of hydrogen-bond acceptors (Lipinski definition) is 3. The van der Waals surface area contributed by atoms with Crippen LogP contribution in [0, 0.1) is 0 Å². The van der Waals surface area contributed by atoms with E-state index in [9.17, 15) is 0 Å². The minimum Gasteiger partial charge on any atom is -0.371 e. The molecule has 0 saturated carbocycles. The Morgan fingerprint density at radius 3 is 0.431 bits per heavy atom. The highest BCUT2D eigenvalue weighted by Gasteiger charge is 2.18. The fourth-order valence-corrected chi connectivity index (χ4v) is 9.72. The molecule has 0 N–H and O–H groups in total. The van der Waals surface area contributed by atoms with Crippen LogP contribution in [-0.4, -0.2) is 29.3 Å². The SMILES string of the molecule is CCCCCCCCCCCCCCCCCCO[Si](OCCCCCCCCCCCCCCCCCC)OCCCCCCCCCCCCCCCCCC. The van der Waals surface area contributed by atoms with Crippen LogP contribution in [0.4, 0.5) is 0 Å². The molecule has 0 aromatic rings. The van der Waals surface area contributed by atoms with E-state index in [0.717, 1.165) is 39.1 Å². The largest absolute Gasteiger partial charge is 0.577 e. The molecule has 0 fully saturated rings. The van der Waals surface area contributed by atoms with E-state index in [-0.39, 0.29) is 0 Å². The van der Waals surface area contributed by atoms with Crippen molar-refractivity contribution in [1.29, 1.82) is 0 Å². The monoisotopic (exact) mass is 836 g/mol. The van der Waals surface area contributed by atoms with Crippen LogP contribution < -0.4 is 0 Å². The molecule has 0 atom stereocenters. The molecule has 1 radical (unpaired) electrons. The highest BCUT2D eigenvalue weighted by molar-refractivity contribution is 6.36. The number of hydrogen-bond donors (Lipinski definition) is 0. The van der Waals surface area contributed by atoms with E-state index in [1.54, 1.807) is 0 Å². The lowest BCUT2D eigenvalue weighted by atomic mass is 10.0. The molecule has 349 valence electrons. The highest BCUT2D eigenvalue weighted by atomic mass is 28.3. The standard InChI is InChI=1S/C54H111O3Si/c1-4-7-10-13-16-19-22-25-28-31-34-37-40-43-46-49-52-55-58(56-53-50-47-44-41-38-35-32-29-26-23-20-17-14-11-8-5-2)57-54-51-48-45-42-39-36-33-30-27-24-21-18-15-12-9-6-3/h4-54H2,1-3H3. The second kappa shape index (κ2) is 55.1. The van der Waals surface area contributed by atoms with Crippen molar-refractivity contribution in [2.45, 2.75) is 329 Å². The Bertz CT molecular complexity index is 599. The molecule has 0 aliphatic rings. The lowest BCUT2D eigenvalue weighted by Crippen LogP contribution is -2.28. The Morgan fingerprint density at radius 1 is 0.172 bits per heavy atom. The van der Waals surface area contributed by atoms with Gasteiger partial charge in [0.1, 0.15) is 0 Å². The van der Waals surface area contributed by atoms with Gasteiger partial charge in [0.2, 0.25) is 0 Å². The molecule has 0 saturated heterocycles. The van der Waals surface area contributed by atoms with Gasteiger partial charge in [-0.3, -0.25) is 0 Å². The van der Waals surface area contributed by atoms with Gasteiger partial charge in [-0.15, -0.1) is 0 Å². The summed E-state index contributed by atoms with van der Waals surface area (Å²) in [5, 5.41) is 0. The van der Waals surface area contributed by atoms with Gasteiger partial charge in [-0.05, 0) is 19.3 Å². The van der Waals surface area contributed by atoms with Gasteiger partial charge in [0, 0.05) is 19.8 Å². The van der Waals surface area contributed by atoms with E-state index < -0.39 is 9.53 Å². The molecule has 0 aliphatic carbocycles. The highest BCUT2D eigenvalue weighted by Crippen LogP contribution is 2.17. The van der Waals surface area contributed by atoms with Gasteiger partial charge in [-0.25, -0.2) is 0 Å². The van der Waals surface area contributed by atoms with Crippen LogP contribution in [-0.2, 0) is 13.3 Å². The normalized spacial score (nSPS) is 11.8. The van der Waals surface area contributed by atoms with Gasteiger partial charge in [0.25, 0.3) is 0 Å². The molecule has 0 heterocycles. The first-order chi connectivity index (χ1) is 28.8. The second-order valence-corrected chi connectivity index (χ2v) is 20.1. The molecule has 0 aromatic carbocycles. The third kappa shape index (κ3) is 52.2. The first-order valence-corrected chi connectivity index (χ1v) is 28.8. The Labute approximate surface area is 370 Å². The van der Waals surface area contributed by atoms with Crippen molar-refractivity contribution < 1.29 is 13.3 Å². The van der Waals surface area contributed by atoms with E-state index in [2.05, 4.69) is 20.8 Å². The van der Waals surface area contributed by atoms with E-state index in [0.29, 0.717) is 0 Å². The average Bonchev–Trinajstić information content (AvgIpc) is 3.23. The molecule has 0 bridgehead atoms. The van der Waals surface area contributed by atoms with Gasteiger partial charge in [-0.1, -0.05) is 310 Å². The molecule has 0 unspecified atom stereocenters. The van der Waals surface area contributed by atoms with Crippen LogP contribution in [0.5, 0.6) is 0 Å². The molecule has 0 amide bonds. The van der Waals surface area contributed by atoms with Gasteiger partial charge >= 0.3 is 9.53 Å². The molecule has 0 rings (SSSR count). The Balaban J connectivity index is 3.95. The van der Waals surface area contributed by atoms with E-state index >= 15 is 0 Å². The minimum absolute atomic E-state index is 0.810. The van der Waals surface area contributed by atoms with Crippen molar-refractivity contribution in [3.8, 4) is 0 Å². The Hall–Kier alpha value is 0.0969. The summed E-state index contributed by atoms with van der Waals surface area (Å²) >= 11 is 0. The average molecular weight is 837 g/mol. The number of rotatable bonds is 54. The van der Waals surface area contributed by atoms with E-state index in [4.69, 9.17) is 13.3 Å². The Morgan fingerprint density at radius 2 is 0.293 bits per heavy atom. The van der Waals surface area contributed by atoms with Crippen molar-refractivity contribution in [3.63, 3.8) is 0 Å². The fourth-order valence-electron chi connectivity index (χ4n) is 8.54. The second-order valence-electron chi connectivity index (χ2n) is 18.7. The molecule has 3 nitrogen and oxygen atoms in total. The quantitative estimate of drug-likeness (QED) is 0.0451. The summed E-state index contributed by atoms with van der Waals surface area (Å²) in [6.45, 7) is 9.35. The first kappa shape index (κ1) is 58.1. The molecular weight excluding hydrogens is 725 g/mol. The lowest BCUT2D eigenvalue weighted by molar-refractivity contribution is 0.0885. The van der Waals surface area contributed by atoms with Gasteiger partial charge in [0.15, 0.2) is 0 Å². The van der Waals surface area contributed by atoms with E-state index in [1.165, 1.54) is 289 Å². The molecule has 4 heteroatoms. The summed E-state index contributed by atoms with van der Waals surface area (Å²) in [4.78, 5) is 0. The van der Waals surface area contributed by atoms with Crippen LogP contribution >= 0.6 is 0 Å². The molecular formula is C54H111O3Si. The molecule has 58 heavy (non-hydrogen) atoms. The van der Waals surface area contributed by atoms with Crippen LogP contribution in [0.1, 0.15) is 329 Å². The predicted molar refractivity (Wildman–Crippen MR) is 262 cm³/mol. The summed E-state index contributed by atoms with van der Waals surface area (Å²) in [7, 11) is -1.60. The van der Waals surface area contributed by atoms with Crippen LogP contribution in [0.25, 0.3) is 0 Å². The zero-order valence-corrected chi connectivity index (χ0v) is 41.8. The van der Waals surface area contributed by atoms with Crippen LogP contribution in [0.2, 0.25) is 0 Å². The molecule has 0 aromatic heterocycles. The van der Waals surface area contributed by atoms with Crippen molar-refractivity contribution >= 4 is 9.53 Å². The maximum Gasteiger partial charge on any atom is 0.577 e. The summed E-state index contributed by atoms with van der Waals surface area (Å²) in [6.07, 6.45) is 67.3. The fraction of sp³-hybridized carbons (Fsp3) is 1.00. The Kier molecular flexibility index (Phi) is 55.2. The zero-order valence-electron chi connectivity index (χ0n) is 40.8. The molecule has 0 spiro atoms.